The Morgan fingerprint density at radius 3 is 2.13 bits per heavy atom. The summed E-state index contributed by atoms with van der Waals surface area (Å²) in [5.41, 5.74) is 0. The molecule has 0 aromatic carbocycles. The summed E-state index contributed by atoms with van der Waals surface area (Å²) >= 11 is 0. The minimum absolute atomic E-state index is 0.491. The van der Waals surface area contributed by atoms with Gasteiger partial charge in [-0.25, -0.2) is 0 Å². The van der Waals surface area contributed by atoms with Crippen LogP contribution in [0.15, 0.2) is 0 Å². The third-order valence-corrected chi connectivity index (χ3v) is 1.81. The number of hydrogen-bond acceptors (Lipinski definition) is 4. The highest BCUT2D eigenvalue weighted by Crippen LogP contribution is 2.30. The molecule has 0 fully saturated rings. The second-order valence-electron chi connectivity index (χ2n) is 2.86. The molecule has 0 aliphatic carbocycles. The van der Waals surface area contributed by atoms with Crippen LogP contribution in [-0.4, -0.2) is 29.4 Å². The van der Waals surface area contributed by atoms with Crippen molar-refractivity contribution < 1.29 is 14.2 Å². The van der Waals surface area contributed by atoms with Crippen molar-refractivity contribution in [3.05, 3.63) is 0 Å². The molecular formula is C10H18N2O3. The minimum atomic E-state index is 0.491. The standard InChI is InChI=1S/C10H18N2O3/c1-5-13-8-9(14-6-2)12(4)10(11-8)15-7-3/h5-7H2,1-4H3. The van der Waals surface area contributed by atoms with Crippen LogP contribution in [-0.2, 0) is 7.05 Å². The quantitative estimate of drug-likeness (QED) is 0.721. The van der Waals surface area contributed by atoms with Gasteiger partial charge in [-0.1, -0.05) is 0 Å². The van der Waals surface area contributed by atoms with Gasteiger partial charge < -0.3 is 14.2 Å². The third-order valence-electron chi connectivity index (χ3n) is 1.81. The number of ether oxygens (including phenoxy) is 3. The average molecular weight is 214 g/mol. The van der Waals surface area contributed by atoms with Gasteiger partial charge in [0.1, 0.15) is 0 Å². The van der Waals surface area contributed by atoms with Gasteiger partial charge in [0.15, 0.2) is 0 Å². The molecule has 1 aromatic heterocycles. The topological polar surface area (TPSA) is 45.5 Å². The van der Waals surface area contributed by atoms with E-state index in [0.717, 1.165) is 0 Å². The van der Waals surface area contributed by atoms with Gasteiger partial charge in [0.05, 0.1) is 19.8 Å². The molecule has 5 heteroatoms. The number of nitrogens with zero attached hydrogens (tertiary/aromatic N) is 2. The van der Waals surface area contributed by atoms with Gasteiger partial charge in [0.25, 0.3) is 11.8 Å². The Morgan fingerprint density at radius 2 is 1.60 bits per heavy atom. The first-order valence-corrected chi connectivity index (χ1v) is 5.19. The summed E-state index contributed by atoms with van der Waals surface area (Å²) in [5.74, 6) is 1.10. The molecule has 0 unspecified atom stereocenters. The largest absolute Gasteiger partial charge is 0.475 e. The first-order chi connectivity index (χ1) is 7.24. The lowest BCUT2D eigenvalue weighted by Crippen LogP contribution is -2.03. The number of hydrogen-bond donors (Lipinski definition) is 0. The molecule has 1 aromatic rings. The normalized spacial score (nSPS) is 10.1. The van der Waals surface area contributed by atoms with Crippen LogP contribution in [0.4, 0.5) is 0 Å². The van der Waals surface area contributed by atoms with E-state index in [9.17, 15) is 0 Å². The van der Waals surface area contributed by atoms with Gasteiger partial charge in [0, 0.05) is 7.05 Å². The molecule has 0 radical (unpaired) electrons. The molecule has 0 atom stereocenters. The van der Waals surface area contributed by atoms with Crippen molar-refractivity contribution in [3.8, 4) is 17.8 Å². The first kappa shape index (κ1) is 11.7. The van der Waals surface area contributed by atoms with Crippen molar-refractivity contribution >= 4 is 0 Å². The number of rotatable bonds is 6. The van der Waals surface area contributed by atoms with Crippen LogP contribution < -0.4 is 14.2 Å². The van der Waals surface area contributed by atoms with Crippen molar-refractivity contribution in [2.45, 2.75) is 20.8 Å². The SMILES string of the molecule is CCOc1nc(OCC)n(C)c1OCC. The molecule has 15 heavy (non-hydrogen) atoms. The van der Waals surface area contributed by atoms with Crippen molar-refractivity contribution in [1.82, 2.24) is 9.55 Å². The maximum absolute atomic E-state index is 5.44. The predicted molar refractivity (Wildman–Crippen MR) is 56.7 cm³/mol. The first-order valence-electron chi connectivity index (χ1n) is 5.19. The minimum Gasteiger partial charge on any atom is -0.475 e. The van der Waals surface area contributed by atoms with E-state index in [1.54, 1.807) is 4.57 Å². The van der Waals surface area contributed by atoms with Crippen LogP contribution in [0, 0.1) is 0 Å². The zero-order chi connectivity index (χ0) is 11.3. The van der Waals surface area contributed by atoms with Crippen molar-refractivity contribution in [1.29, 1.82) is 0 Å². The Balaban J connectivity index is 2.96. The fourth-order valence-corrected chi connectivity index (χ4v) is 1.22. The molecular weight excluding hydrogens is 196 g/mol. The number of imidazole rings is 1. The third kappa shape index (κ3) is 2.55. The van der Waals surface area contributed by atoms with Gasteiger partial charge in [-0.05, 0) is 20.8 Å². The Labute approximate surface area is 90.0 Å². The summed E-state index contributed by atoms with van der Waals surface area (Å²) < 4.78 is 17.9. The predicted octanol–water partition coefficient (Wildman–Crippen LogP) is 1.62. The van der Waals surface area contributed by atoms with Gasteiger partial charge in [-0.3, -0.25) is 4.57 Å². The summed E-state index contributed by atoms with van der Waals surface area (Å²) in [4.78, 5) is 4.20. The van der Waals surface area contributed by atoms with Gasteiger partial charge in [0.2, 0.25) is 0 Å². The van der Waals surface area contributed by atoms with E-state index in [2.05, 4.69) is 4.98 Å². The second-order valence-corrected chi connectivity index (χ2v) is 2.86. The monoisotopic (exact) mass is 214 g/mol. The van der Waals surface area contributed by atoms with Gasteiger partial charge >= 0.3 is 6.01 Å². The lowest BCUT2D eigenvalue weighted by molar-refractivity contribution is 0.265. The smallest absolute Gasteiger partial charge is 0.302 e. The van der Waals surface area contributed by atoms with E-state index < -0.39 is 0 Å². The molecule has 0 aliphatic heterocycles. The Hall–Kier alpha value is -1.39. The molecule has 0 N–H and O–H groups in total. The Bertz CT molecular complexity index is 310. The van der Waals surface area contributed by atoms with Crippen molar-refractivity contribution in [2.24, 2.45) is 7.05 Å². The molecule has 1 rings (SSSR count). The molecule has 86 valence electrons. The second kappa shape index (κ2) is 5.48. The van der Waals surface area contributed by atoms with E-state index >= 15 is 0 Å². The maximum atomic E-state index is 5.44. The molecule has 5 nitrogen and oxygen atoms in total. The van der Waals surface area contributed by atoms with Gasteiger partial charge in [-0.2, -0.15) is 4.98 Å². The van der Waals surface area contributed by atoms with E-state index in [0.29, 0.717) is 37.6 Å². The molecule has 0 amide bonds. The fourth-order valence-electron chi connectivity index (χ4n) is 1.22. The van der Waals surface area contributed by atoms with E-state index in [4.69, 9.17) is 14.2 Å². The lowest BCUT2D eigenvalue weighted by Gasteiger charge is -2.06. The number of aromatic nitrogens is 2. The zero-order valence-electron chi connectivity index (χ0n) is 9.74. The zero-order valence-corrected chi connectivity index (χ0v) is 9.74. The summed E-state index contributed by atoms with van der Waals surface area (Å²) in [7, 11) is 1.84. The van der Waals surface area contributed by atoms with Crippen LogP contribution in [0.1, 0.15) is 20.8 Å². The Morgan fingerprint density at radius 1 is 1.00 bits per heavy atom. The molecule has 0 saturated heterocycles. The van der Waals surface area contributed by atoms with E-state index in [1.165, 1.54) is 0 Å². The average Bonchev–Trinajstić information content (AvgIpc) is 2.49. The van der Waals surface area contributed by atoms with Crippen molar-refractivity contribution in [2.75, 3.05) is 19.8 Å². The highest BCUT2D eigenvalue weighted by molar-refractivity contribution is 5.32. The summed E-state index contributed by atoms with van der Waals surface area (Å²) in [6, 6.07) is 0.518. The summed E-state index contributed by atoms with van der Waals surface area (Å²) in [6.45, 7) is 7.44. The lowest BCUT2D eigenvalue weighted by atomic mass is 10.7. The molecule has 0 saturated carbocycles. The summed E-state index contributed by atoms with van der Waals surface area (Å²) in [6.07, 6.45) is 0. The highest BCUT2D eigenvalue weighted by atomic mass is 16.5. The molecule has 0 spiro atoms. The van der Waals surface area contributed by atoms with Crippen LogP contribution in [0.25, 0.3) is 0 Å². The van der Waals surface area contributed by atoms with Crippen LogP contribution in [0.3, 0.4) is 0 Å². The van der Waals surface area contributed by atoms with Crippen LogP contribution >= 0.6 is 0 Å². The van der Waals surface area contributed by atoms with Gasteiger partial charge in [-0.15, -0.1) is 0 Å². The summed E-state index contributed by atoms with van der Waals surface area (Å²) in [5, 5.41) is 0. The molecule has 1 heterocycles. The maximum Gasteiger partial charge on any atom is 0.302 e. The van der Waals surface area contributed by atoms with Crippen LogP contribution in [0.2, 0.25) is 0 Å². The fraction of sp³-hybridized carbons (Fsp3) is 0.700. The highest BCUT2D eigenvalue weighted by Gasteiger charge is 2.17. The van der Waals surface area contributed by atoms with Crippen molar-refractivity contribution in [3.63, 3.8) is 0 Å². The van der Waals surface area contributed by atoms with E-state index in [-0.39, 0.29) is 0 Å². The van der Waals surface area contributed by atoms with E-state index in [1.807, 2.05) is 27.8 Å². The van der Waals surface area contributed by atoms with Crippen LogP contribution in [0.5, 0.6) is 17.8 Å². The molecule has 0 aliphatic rings. The molecule has 0 bridgehead atoms. The Kier molecular flexibility index (Phi) is 4.27.